The highest BCUT2D eigenvalue weighted by Crippen LogP contribution is 1.98. The Morgan fingerprint density at radius 3 is 2.91 bits per heavy atom. The highest BCUT2D eigenvalue weighted by molar-refractivity contribution is 5.99. The molecule has 3 heteroatoms. The van der Waals surface area contributed by atoms with Crippen molar-refractivity contribution in [1.29, 1.82) is 0 Å². The normalized spacial score (nSPS) is 12.5. The van der Waals surface area contributed by atoms with E-state index in [-0.39, 0.29) is 5.78 Å². The smallest absolute Gasteiger partial charge is 0.180 e. The lowest BCUT2D eigenvalue weighted by Gasteiger charge is -2.01. The lowest BCUT2D eigenvalue weighted by Crippen LogP contribution is -2.26. The van der Waals surface area contributed by atoms with E-state index in [0.29, 0.717) is 5.56 Å². The lowest BCUT2D eigenvalue weighted by atomic mass is 10.1. The molecule has 0 aliphatic carbocycles. The summed E-state index contributed by atoms with van der Waals surface area (Å²) in [5, 5.41) is 0. The Labute approximate surface area is 65.2 Å². The van der Waals surface area contributed by atoms with Crippen molar-refractivity contribution in [3.63, 3.8) is 0 Å². The van der Waals surface area contributed by atoms with E-state index in [9.17, 15) is 4.79 Å². The van der Waals surface area contributed by atoms with Gasteiger partial charge >= 0.3 is 0 Å². The molecule has 0 saturated heterocycles. The molecule has 58 valence electrons. The number of ketones is 1. The molecule has 0 saturated carbocycles. The third kappa shape index (κ3) is 1.85. The van der Waals surface area contributed by atoms with Crippen molar-refractivity contribution >= 4 is 5.78 Å². The molecule has 0 spiro atoms. The maximum absolute atomic E-state index is 11.2. The van der Waals surface area contributed by atoms with Gasteiger partial charge in [0.05, 0.1) is 6.04 Å². The van der Waals surface area contributed by atoms with Crippen molar-refractivity contribution in [2.24, 2.45) is 5.73 Å². The van der Waals surface area contributed by atoms with Crippen molar-refractivity contribution in [3.8, 4) is 0 Å². The Morgan fingerprint density at radius 2 is 2.45 bits per heavy atom. The van der Waals surface area contributed by atoms with Crippen LogP contribution in [0.3, 0.4) is 0 Å². The van der Waals surface area contributed by atoms with Gasteiger partial charge in [-0.2, -0.15) is 0 Å². The third-order valence-electron chi connectivity index (χ3n) is 1.36. The van der Waals surface area contributed by atoms with Crippen LogP contribution in [0, 0.1) is 0 Å². The van der Waals surface area contributed by atoms with Gasteiger partial charge in [-0.3, -0.25) is 9.78 Å². The molecular weight excluding hydrogens is 140 g/mol. The molecule has 0 amide bonds. The van der Waals surface area contributed by atoms with Crippen LogP contribution in [0.2, 0.25) is 0 Å². The zero-order valence-corrected chi connectivity index (χ0v) is 6.32. The summed E-state index contributed by atoms with van der Waals surface area (Å²) in [6.45, 7) is 1.66. The van der Waals surface area contributed by atoms with Gasteiger partial charge in [0, 0.05) is 18.0 Å². The molecule has 1 rings (SSSR count). The van der Waals surface area contributed by atoms with Crippen molar-refractivity contribution < 1.29 is 4.79 Å². The van der Waals surface area contributed by atoms with Gasteiger partial charge in [-0.05, 0) is 19.1 Å². The van der Waals surface area contributed by atoms with E-state index in [0.717, 1.165) is 0 Å². The monoisotopic (exact) mass is 150 g/mol. The largest absolute Gasteiger partial charge is 0.321 e. The first kappa shape index (κ1) is 7.88. The number of carbonyl (C=O) groups is 1. The molecular formula is C8H10N2O. The van der Waals surface area contributed by atoms with Crippen LogP contribution >= 0.6 is 0 Å². The Morgan fingerprint density at radius 1 is 1.73 bits per heavy atom. The molecule has 0 bridgehead atoms. The van der Waals surface area contributed by atoms with Crippen LogP contribution in [0.1, 0.15) is 17.3 Å². The maximum atomic E-state index is 11.2. The summed E-state index contributed by atoms with van der Waals surface area (Å²) in [6.07, 6.45) is 3.14. The van der Waals surface area contributed by atoms with E-state index in [1.54, 1.807) is 25.3 Å². The van der Waals surface area contributed by atoms with Crippen LogP contribution in [0.4, 0.5) is 0 Å². The Bertz CT molecular complexity index is 244. The Hall–Kier alpha value is -1.22. The predicted octanol–water partition coefficient (Wildman–Crippen LogP) is 0.612. The van der Waals surface area contributed by atoms with Gasteiger partial charge in [0.25, 0.3) is 0 Å². The average molecular weight is 150 g/mol. The molecule has 0 aliphatic rings. The van der Waals surface area contributed by atoms with Gasteiger partial charge in [-0.25, -0.2) is 0 Å². The molecule has 0 radical (unpaired) electrons. The first-order valence-corrected chi connectivity index (χ1v) is 3.41. The zero-order valence-electron chi connectivity index (χ0n) is 6.32. The first-order chi connectivity index (χ1) is 5.22. The lowest BCUT2D eigenvalue weighted by molar-refractivity contribution is 0.0967. The predicted molar refractivity (Wildman–Crippen MR) is 42.2 cm³/mol. The minimum absolute atomic E-state index is 0.0712. The number of hydrogen-bond donors (Lipinski definition) is 1. The SMILES string of the molecule is CC(N)C(=O)c1cccnc1. The zero-order chi connectivity index (χ0) is 8.27. The van der Waals surface area contributed by atoms with Crippen LogP contribution in [0.25, 0.3) is 0 Å². The molecule has 3 nitrogen and oxygen atoms in total. The fourth-order valence-corrected chi connectivity index (χ4v) is 0.771. The molecule has 0 aliphatic heterocycles. The number of aromatic nitrogens is 1. The number of hydrogen-bond acceptors (Lipinski definition) is 3. The number of nitrogens with zero attached hydrogens (tertiary/aromatic N) is 1. The second-order valence-electron chi connectivity index (χ2n) is 2.39. The van der Waals surface area contributed by atoms with Crippen LogP contribution in [-0.4, -0.2) is 16.8 Å². The molecule has 0 aromatic carbocycles. The Balaban J connectivity index is 2.86. The van der Waals surface area contributed by atoms with E-state index in [2.05, 4.69) is 4.98 Å². The number of rotatable bonds is 2. The Kier molecular flexibility index (Phi) is 2.33. The van der Waals surface area contributed by atoms with E-state index < -0.39 is 6.04 Å². The molecule has 0 fully saturated rings. The summed E-state index contributed by atoms with van der Waals surface area (Å²) in [6, 6.07) is 2.98. The second kappa shape index (κ2) is 3.25. The van der Waals surface area contributed by atoms with Gasteiger partial charge < -0.3 is 5.73 Å². The molecule has 1 unspecified atom stereocenters. The van der Waals surface area contributed by atoms with Gasteiger partial charge in [0.2, 0.25) is 0 Å². The number of pyridine rings is 1. The molecule has 2 N–H and O–H groups in total. The van der Waals surface area contributed by atoms with Crippen LogP contribution in [0.5, 0.6) is 0 Å². The van der Waals surface area contributed by atoms with Gasteiger partial charge in [0.1, 0.15) is 0 Å². The van der Waals surface area contributed by atoms with E-state index >= 15 is 0 Å². The molecule has 1 atom stereocenters. The van der Waals surface area contributed by atoms with Crippen molar-refractivity contribution in [3.05, 3.63) is 30.1 Å². The van der Waals surface area contributed by atoms with E-state index in [1.165, 1.54) is 6.20 Å². The van der Waals surface area contributed by atoms with Gasteiger partial charge in [0.15, 0.2) is 5.78 Å². The number of carbonyl (C=O) groups excluding carboxylic acids is 1. The van der Waals surface area contributed by atoms with Gasteiger partial charge in [-0.1, -0.05) is 0 Å². The molecule has 1 aromatic rings. The molecule has 1 aromatic heterocycles. The number of nitrogens with two attached hydrogens (primary N) is 1. The summed E-state index contributed by atoms with van der Waals surface area (Å²) in [5.41, 5.74) is 5.96. The summed E-state index contributed by atoms with van der Waals surface area (Å²) in [5.74, 6) is -0.0712. The molecule has 11 heavy (non-hydrogen) atoms. The van der Waals surface area contributed by atoms with Crippen molar-refractivity contribution in [1.82, 2.24) is 4.98 Å². The van der Waals surface area contributed by atoms with Crippen LogP contribution in [0.15, 0.2) is 24.5 Å². The summed E-state index contributed by atoms with van der Waals surface area (Å²) in [4.78, 5) is 15.0. The number of Topliss-reactive ketones (excluding diaryl/α,β-unsaturated/α-hetero) is 1. The standard InChI is InChI=1S/C8H10N2O/c1-6(9)8(11)7-3-2-4-10-5-7/h2-6H,9H2,1H3. The maximum Gasteiger partial charge on any atom is 0.180 e. The fraction of sp³-hybridized carbons (Fsp3) is 0.250. The summed E-state index contributed by atoms with van der Waals surface area (Å²) < 4.78 is 0. The van der Waals surface area contributed by atoms with Crippen LogP contribution in [-0.2, 0) is 0 Å². The van der Waals surface area contributed by atoms with Crippen molar-refractivity contribution in [2.75, 3.05) is 0 Å². The molecule has 1 heterocycles. The first-order valence-electron chi connectivity index (χ1n) is 3.41. The minimum Gasteiger partial charge on any atom is -0.321 e. The highest BCUT2D eigenvalue weighted by Gasteiger charge is 2.09. The topological polar surface area (TPSA) is 56.0 Å². The minimum atomic E-state index is -0.445. The van der Waals surface area contributed by atoms with E-state index in [4.69, 9.17) is 5.73 Å². The fourth-order valence-electron chi connectivity index (χ4n) is 0.771. The van der Waals surface area contributed by atoms with Crippen LogP contribution < -0.4 is 5.73 Å². The average Bonchev–Trinajstić information content (AvgIpc) is 2.05. The van der Waals surface area contributed by atoms with E-state index in [1.807, 2.05) is 0 Å². The van der Waals surface area contributed by atoms with Crippen molar-refractivity contribution in [2.45, 2.75) is 13.0 Å². The quantitative estimate of drug-likeness (QED) is 0.628. The third-order valence-corrected chi connectivity index (χ3v) is 1.36. The highest BCUT2D eigenvalue weighted by atomic mass is 16.1. The summed E-state index contributed by atoms with van der Waals surface area (Å²) >= 11 is 0. The second-order valence-corrected chi connectivity index (χ2v) is 2.39. The van der Waals surface area contributed by atoms with Gasteiger partial charge in [-0.15, -0.1) is 0 Å². The summed E-state index contributed by atoms with van der Waals surface area (Å²) in [7, 11) is 0.